The molecule has 3 aromatic carbocycles. The lowest BCUT2D eigenvalue weighted by Gasteiger charge is -2.12. The summed E-state index contributed by atoms with van der Waals surface area (Å²) in [6.07, 6.45) is 0. The number of fused-ring (bicyclic) bond motifs is 1. The minimum absolute atomic E-state index is 0.111. The number of ether oxygens (including phenoxy) is 2. The van der Waals surface area contributed by atoms with Crippen molar-refractivity contribution >= 4 is 28.1 Å². The fraction of sp³-hybridized carbons (Fsp3) is 0.105. The van der Waals surface area contributed by atoms with E-state index in [0.717, 1.165) is 10.8 Å². The Kier molecular flexibility index (Phi) is 4.70. The summed E-state index contributed by atoms with van der Waals surface area (Å²) in [6, 6.07) is 15.5. The molecule has 0 saturated carbocycles. The fourth-order valence-electron chi connectivity index (χ4n) is 2.73. The van der Waals surface area contributed by atoms with Gasteiger partial charge in [-0.15, -0.1) is 0 Å². The van der Waals surface area contributed by atoms with Crippen molar-refractivity contribution in [3.8, 4) is 11.5 Å². The SMILES string of the molecule is COc1cc(C(=O)Nc2cccc3ccccc23)c([N+](=O)[O-])cc1OC. The van der Waals surface area contributed by atoms with Crippen LogP contribution in [0, 0.1) is 10.1 Å². The first-order valence-corrected chi connectivity index (χ1v) is 7.74. The van der Waals surface area contributed by atoms with E-state index in [1.54, 1.807) is 12.1 Å². The predicted molar refractivity (Wildman–Crippen MR) is 98.1 cm³/mol. The second-order valence-electron chi connectivity index (χ2n) is 5.46. The Morgan fingerprint density at radius 2 is 1.65 bits per heavy atom. The average Bonchev–Trinajstić information content (AvgIpc) is 2.67. The Morgan fingerprint density at radius 3 is 2.35 bits per heavy atom. The lowest BCUT2D eigenvalue weighted by molar-refractivity contribution is -0.385. The standard InChI is InChI=1S/C19H16N2O5/c1-25-17-10-14(16(21(23)24)11-18(17)26-2)19(22)20-15-9-5-7-12-6-3-4-8-13(12)15/h3-11H,1-2H3,(H,20,22). The number of nitrogens with zero attached hydrogens (tertiary/aromatic N) is 1. The maximum Gasteiger partial charge on any atom is 0.286 e. The molecular formula is C19H16N2O5. The molecule has 26 heavy (non-hydrogen) atoms. The van der Waals surface area contributed by atoms with E-state index in [-0.39, 0.29) is 22.7 Å². The molecule has 0 atom stereocenters. The lowest BCUT2D eigenvalue weighted by atomic mass is 10.1. The van der Waals surface area contributed by atoms with Gasteiger partial charge in [0, 0.05) is 17.1 Å². The Morgan fingerprint density at radius 1 is 1.00 bits per heavy atom. The van der Waals surface area contributed by atoms with Gasteiger partial charge < -0.3 is 14.8 Å². The van der Waals surface area contributed by atoms with Gasteiger partial charge in [0.15, 0.2) is 11.5 Å². The number of nitro groups is 1. The lowest BCUT2D eigenvalue weighted by Crippen LogP contribution is -2.14. The zero-order valence-corrected chi connectivity index (χ0v) is 14.2. The highest BCUT2D eigenvalue weighted by atomic mass is 16.6. The molecule has 7 heteroatoms. The Hall–Kier alpha value is -3.61. The van der Waals surface area contributed by atoms with E-state index >= 15 is 0 Å². The van der Waals surface area contributed by atoms with Gasteiger partial charge in [-0.2, -0.15) is 0 Å². The number of carbonyl (C=O) groups excluding carboxylic acids is 1. The smallest absolute Gasteiger partial charge is 0.286 e. The van der Waals surface area contributed by atoms with Crippen LogP contribution in [-0.4, -0.2) is 25.1 Å². The number of benzene rings is 3. The van der Waals surface area contributed by atoms with Crippen LogP contribution in [0.1, 0.15) is 10.4 Å². The third-order valence-electron chi connectivity index (χ3n) is 3.98. The highest BCUT2D eigenvalue weighted by Crippen LogP contribution is 2.35. The monoisotopic (exact) mass is 352 g/mol. The number of rotatable bonds is 5. The molecule has 7 nitrogen and oxygen atoms in total. The first kappa shape index (κ1) is 17.2. The second kappa shape index (κ2) is 7.10. The molecule has 0 radical (unpaired) electrons. The summed E-state index contributed by atoms with van der Waals surface area (Å²) in [5.41, 5.74) is 0.0955. The number of carbonyl (C=O) groups is 1. The van der Waals surface area contributed by atoms with Gasteiger partial charge in [-0.05, 0) is 11.5 Å². The molecule has 1 amide bonds. The molecule has 132 valence electrons. The Balaban J connectivity index is 2.05. The zero-order chi connectivity index (χ0) is 18.7. The summed E-state index contributed by atoms with van der Waals surface area (Å²) in [5.74, 6) is -0.184. The van der Waals surface area contributed by atoms with Gasteiger partial charge in [-0.3, -0.25) is 14.9 Å². The van der Waals surface area contributed by atoms with E-state index in [1.165, 1.54) is 26.4 Å². The minimum atomic E-state index is -0.625. The van der Waals surface area contributed by atoms with E-state index in [9.17, 15) is 14.9 Å². The maximum absolute atomic E-state index is 12.7. The van der Waals surface area contributed by atoms with Crippen LogP contribution in [-0.2, 0) is 0 Å². The zero-order valence-electron chi connectivity index (χ0n) is 14.2. The molecule has 3 rings (SSSR count). The second-order valence-corrected chi connectivity index (χ2v) is 5.46. The normalized spacial score (nSPS) is 10.4. The van der Waals surface area contributed by atoms with Gasteiger partial charge in [0.1, 0.15) is 5.56 Å². The molecule has 3 aromatic rings. The molecule has 1 N–H and O–H groups in total. The van der Waals surface area contributed by atoms with Crippen LogP contribution in [0.5, 0.6) is 11.5 Å². The topological polar surface area (TPSA) is 90.7 Å². The molecule has 0 spiro atoms. The van der Waals surface area contributed by atoms with Crippen LogP contribution in [0.25, 0.3) is 10.8 Å². The van der Waals surface area contributed by atoms with Crippen LogP contribution in [0.3, 0.4) is 0 Å². The van der Waals surface area contributed by atoms with Gasteiger partial charge in [0.25, 0.3) is 11.6 Å². The highest BCUT2D eigenvalue weighted by Gasteiger charge is 2.25. The first-order chi connectivity index (χ1) is 12.5. The fourth-order valence-corrected chi connectivity index (χ4v) is 2.73. The van der Waals surface area contributed by atoms with E-state index in [4.69, 9.17) is 9.47 Å². The maximum atomic E-state index is 12.7. The predicted octanol–water partition coefficient (Wildman–Crippen LogP) is 4.02. The van der Waals surface area contributed by atoms with Crippen LogP contribution >= 0.6 is 0 Å². The van der Waals surface area contributed by atoms with Crippen LogP contribution in [0.2, 0.25) is 0 Å². The van der Waals surface area contributed by atoms with Crippen molar-refractivity contribution in [1.29, 1.82) is 0 Å². The number of hydrogen-bond donors (Lipinski definition) is 1. The summed E-state index contributed by atoms with van der Waals surface area (Å²) in [4.78, 5) is 23.5. The first-order valence-electron chi connectivity index (χ1n) is 7.74. The van der Waals surface area contributed by atoms with E-state index < -0.39 is 10.8 Å². The van der Waals surface area contributed by atoms with Gasteiger partial charge >= 0.3 is 0 Å². The molecule has 0 saturated heterocycles. The molecule has 0 bridgehead atoms. The van der Waals surface area contributed by atoms with Crippen molar-refractivity contribution < 1.29 is 19.2 Å². The van der Waals surface area contributed by atoms with Crippen molar-refractivity contribution in [1.82, 2.24) is 0 Å². The number of nitrogens with one attached hydrogen (secondary N) is 1. The van der Waals surface area contributed by atoms with Crippen LogP contribution in [0.4, 0.5) is 11.4 Å². The molecule has 0 aromatic heterocycles. The number of methoxy groups -OCH3 is 2. The van der Waals surface area contributed by atoms with Crippen LogP contribution < -0.4 is 14.8 Å². The summed E-state index contributed by atoms with van der Waals surface area (Å²) in [5, 5.41) is 15.9. The number of nitro benzene ring substituents is 1. The molecule has 0 fully saturated rings. The van der Waals surface area contributed by atoms with Crippen molar-refractivity contribution in [2.75, 3.05) is 19.5 Å². The molecule has 0 aliphatic rings. The quantitative estimate of drug-likeness (QED) is 0.553. The number of anilines is 1. The van der Waals surface area contributed by atoms with Gasteiger partial charge in [0.2, 0.25) is 0 Å². The third kappa shape index (κ3) is 3.14. The molecule has 0 unspecified atom stereocenters. The van der Waals surface area contributed by atoms with Crippen molar-refractivity contribution in [2.24, 2.45) is 0 Å². The van der Waals surface area contributed by atoms with Crippen LogP contribution in [0.15, 0.2) is 54.6 Å². The average molecular weight is 352 g/mol. The Bertz CT molecular complexity index is 995. The number of hydrogen-bond acceptors (Lipinski definition) is 5. The number of amides is 1. The van der Waals surface area contributed by atoms with E-state index in [2.05, 4.69) is 5.32 Å². The van der Waals surface area contributed by atoms with Crippen molar-refractivity contribution in [3.05, 3.63) is 70.3 Å². The summed E-state index contributed by atoms with van der Waals surface area (Å²) in [7, 11) is 2.77. The van der Waals surface area contributed by atoms with Crippen molar-refractivity contribution in [3.63, 3.8) is 0 Å². The van der Waals surface area contributed by atoms with Gasteiger partial charge in [-0.1, -0.05) is 36.4 Å². The summed E-state index contributed by atoms with van der Waals surface area (Å²) >= 11 is 0. The largest absolute Gasteiger partial charge is 0.493 e. The van der Waals surface area contributed by atoms with E-state index in [1.807, 2.05) is 30.3 Å². The van der Waals surface area contributed by atoms with Gasteiger partial charge in [-0.25, -0.2) is 0 Å². The molecule has 0 aliphatic heterocycles. The summed E-state index contributed by atoms with van der Waals surface area (Å²) in [6.45, 7) is 0. The molecule has 0 aliphatic carbocycles. The highest BCUT2D eigenvalue weighted by molar-refractivity contribution is 6.11. The third-order valence-corrected chi connectivity index (χ3v) is 3.98. The van der Waals surface area contributed by atoms with E-state index in [0.29, 0.717) is 5.69 Å². The minimum Gasteiger partial charge on any atom is -0.493 e. The Labute approximate surface area is 149 Å². The molecular weight excluding hydrogens is 336 g/mol. The van der Waals surface area contributed by atoms with Gasteiger partial charge in [0.05, 0.1) is 25.2 Å². The molecule has 0 heterocycles. The van der Waals surface area contributed by atoms with Crippen molar-refractivity contribution in [2.45, 2.75) is 0 Å². The summed E-state index contributed by atoms with van der Waals surface area (Å²) < 4.78 is 10.2.